The Morgan fingerprint density at radius 3 is 2.58 bits per heavy atom. The SMILES string of the molecule is CCS(C)(=O)=Nc1ccc(-n2ncnc2[C@H](C)NC(=O)c2cc(F)cc(C(F)(F)F)c2)nc1. The summed E-state index contributed by atoms with van der Waals surface area (Å²) in [5, 5.41) is 6.55. The Labute approximate surface area is 187 Å². The molecular formula is C20H20F4N6O2S. The normalized spacial score (nSPS) is 14.4. The highest BCUT2D eigenvalue weighted by molar-refractivity contribution is 7.93. The van der Waals surface area contributed by atoms with Crippen LogP contribution < -0.4 is 5.32 Å². The number of nitrogens with one attached hydrogen (secondary N) is 1. The Morgan fingerprint density at radius 1 is 1.24 bits per heavy atom. The van der Waals surface area contributed by atoms with Gasteiger partial charge in [-0.1, -0.05) is 6.92 Å². The summed E-state index contributed by atoms with van der Waals surface area (Å²) in [5.74, 6) is -1.15. The molecule has 0 spiro atoms. The van der Waals surface area contributed by atoms with Crippen molar-refractivity contribution < 1.29 is 26.6 Å². The standard InChI is InChI=1S/C20H20F4N6O2S/c1-4-33(3,32)29-16-5-6-17(25-10-16)30-18(26-11-27-30)12(2)28-19(31)13-7-14(20(22,23)24)9-15(21)8-13/h5-12H,4H2,1-3H3,(H,28,31)/t12-,33?/m0/s1. The maximum Gasteiger partial charge on any atom is 0.416 e. The molecule has 1 amide bonds. The predicted molar refractivity (Wildman–Crippen MR) is 113 cm³/mol. The van der Waals surface area contributed by atoms with Gasteiger partial charge in [0.05, 0.1) is 23.5 Å². The van der Waals surface area contributed by atoms with Gasteiger partial charge >= 0.3 is 6.18 Å². The molecule has 1 N–H and O–H groups in total. The van der Waals surface area contributed by atoms with Gasteiger partial charge in [-0.25, -0.2) is 18.6 Å². The van der Waals surface area contributed by atoms with Crippen molar-refractivity contribution in [1.82, 2.24) is 25.1 Å². The van der Waals surface area contributed by atoms with Crippen molar-refractivity contribution in [3.05, 3.63) is 65.6 Å². The molecule has 1 unspecified atom stereocenters. The van der Waals surface area contributed by atoms with Gasteiger partial charge < -0.3 is 5.32 Å². The van der Waals surface area contributed by atoms with Crippen LogP contribution in [0, 0.1) is 5.82 Å². The number of carbonyl (C=O) groups excluding carboxylic acids is 1. The van der Waals surface area contributed by atoms with Crippen LogP contribution in [0.5, 0.6) is 0 Å². The number of rotatable bonds is 6. The lowest BCUT2D eigenvalue weighted by Crippen LogP contribution is -2.29. The lowest BCUT2D eigenvalue weighted by atomic mass is 10.1. The van der Waals surface area contributed by atoms with Crippen molar-refractivity contribution in [2.75, 3.05) is 12.0 Å². The van der Waals surface area contributed by atoms with E-state index >= 15 is 0 Å². The summed E-state index contributed by atoms with van der Waals surface area (Å²) in [6.07, 6.45) is -0.627. The Kier molecular flexibility index (Phi) is 6.81. The van der Waals surface area contributed by atoms with Crippen LogP contribution in [0.2, 0.25) is 0 Å². The molecule has 0 bridgehead atoms. The fourth-order valence-electron chi connectivity index (χ4n) is 2.80. The van der Waals surface area contributed by atoms with Crippen LogP contribution >= 0.6 is 0 Å². The third-order valence-electron chi connectivity index (χ3n) is 4.58. The van der Waals surface area contributed by atoms with Gasteiger partial charge in [-0.2, -0.15) is 27.3 Å². The Hall–Kier alpha value is -3.35. The Balaban J connectivity index is 1.83. The maximum absolute atomic E-state index is 13.6. The van der Waals surface area contributed by atoms with Crippen LogP contribution in [0.4, 0.5) is 23.2 Å². The summed E-state index contributed by atoms with van der Waals surface area (Å²) in [7, 11) is -2.36. The van der Waals surface area contributed by atoms with Crippen molar-refractivity contribution in [2.45, 2.75) is 26.1 Å². The second-order valence-electron chi connectivity index (χ2n) is 7.17. The number of nitrogens with zero attached hydrogens (tertiary/aromatic N) is 5. The van der Waals surface area contributed by atoms with Gasteiger partial charge in [-0.15, -0.1) is 0 Å². The highest BCUT2D eigenvalue weighted by atomic mass is 32.2. The van der Waals surface area contributed by atoms with Crippen LogP contribution in [-0.4, -0.2) is 41.9 Å². The molecule has 176 valence electrons. The van der Waals surface area contributed by atoms with Crippen LogP contribution in [0.1, 0.15) is 41.6 Å². The van der Waals surface area contributed by atoms with Crippen molar-refractivity contribution in [3.8, 4) is 5.82 Å². The fourth-order valence-corrected chi connectivity index (χ4v) is 3.48. The van der Waals surface area contributed by atoms with Gasteiger partial charge in [-0.3, -0.25) is 4.79 Å². The van der Waals surface area contributed by atoms with Gasteiger partial charge in [0, 0.05) is 27.3 Å². The molecule has 0 radical (unpaired) electrons. The number of aromatic nitrogens is 4. The molecule has 0 aliphatic rings. The van der Waals surface area contributed by atoms with Crippen molar-refractivity contribution >= 4 is 21.3 Å². The minimum atomic E-state index is -4.80. The molecule has 0 saturated heterocycles. The molecule has 2 aromatic heterocycles. The summed E-state index contributed by atoms with van der Waals surface area (Å²) in [5.41, 5.74) is -1.33. The first-order valence-corrected chi connectivity index (χ1v) is 11.7. The van der Waals surface area contributed by atoms with E-state index in [1.54, 1.807) is 26.0 Å². The molecule has 8 nitrogen and oxygen atoms in total. The molecule has 0 fully saturated rings. The number of halogens is 4. The van der Waals surface area contributed by atoms with Crippen molar-refractivity contribution in [3.63, 3.8) is 0 Å². The molecule has 2 atom stereocenters. The zero-order chi connectivity index (χ0) is 24.4. The van der Waals surface area contributed by atoms with Gasteiger partial charge in [0.25, 0.3) is 5.91 Å². The molecule has 1 aromatic carbocycles. The van der Waals surface area contributed by atoms with E-state index in [1.165, 1.54) is 23.5 Å². The van der Waals surface area contributed by atoms with Gasteiger partial charge in [-0.05, 0) is 37.3 Å². The molecular weight excluding hydrogens is 464 g/mol. The van der Waals surface area contributed by atoms with Crippen LogP contribution in [0.3, 0.4) is 0 Å². The van der Waals surface area contributed by atoms with Crippen LogP contribution in [0.15, 0.2) is 47.2 Å². The number of hydrogen-bond donors (Lipinski definition) is 1. The summed E-state index contributed by atoms with van der Waals surface area (Å²) < 4.78 is 70.0. The number of hydrogen-bond acceptors (Lipinski definition) is 6. The first-order valence-electron chi connectivity index (χ1n) is 9.64. The molecule has 0 saturated carbocycles. The van der Waals surface area contributed by atoms with E-state index in [-0.39, 0.29) is 5.82 Å². The van der Waals surface area contributed by atoms with Gasteiger partial charge in [0.2, 0.25) is 0 Å². The van der Waals surface area contributed by atoms with Crippen molar-refractivity contribution in [1.29, 1.82) is 0 Å². The maximum atomic E-state index is 13.6. The van der Waals surface area contributed by atoms with E-state index in [9.17, 15) is 26.6 Å². The number of pyridine rings is 1. The zero-order valence-corrected chi connectivity index (χ0v) is 18.6. The Morgan fingerprint density at radius 2 is 1.97 bits per heavy atom. The van der Waals surface area contributed by atoms with Gasteiger partial charge in [0.15, 0.2) is 11.6 Å². The largest absolute Gasteiger partial charge is 0.416 e. The summed E-state index contributed by atoms with van der Waals surface area (Å²) in [4.78, 5) is 20.8. The molecule has 13 heteroatoms. The molecule has 2 heterocycles. The van der Waals surface area contributed by atoms with Crippen LogP contribution in [0.25, 0.3) is 5.82 Å². The number of benzene rings is 1. The topological polar surface area (TPSA) is 102 Å². The average molecular weight is 484 g/mol. The summed E-state index contributed by atoms with van der Waals surface area (Å²) >= 11 is 0. The number of carbonyl (C=O) groups is 1. The third kappa shape index (κ3) is 5.92. The number of amides is 1. The monoisotopic (exact) mass is 484 g/mol. The van der Waals surface area contributed by atoms with E-state index < -0.39 is 44.8 Å². The average Bonchev–Trinajstić information content (AvgIpc) is 3.23. The molecule has 0 aliphatic heterocycles. The van der Waals surface area contributed by atoms with E-state index in [0.717, 1.165) is 0 Å². The zero-order valence-electron chi connectivity index (χ0n) is 17.8. The lowest BCUT2D eigenvalue weighted by molar-refractivity contribution is -0.137. The summed E-state index contributed by atoms with van der Waals surface area (Å²) in [6.45, 7) is 3.30. The third-order valence-corrected chi connectivity index (χ3v) is 6.25. The van der Waals surface area contributed by atoms with Gasteiger partial charge in [0.1, 0.15) is 12.1 Å². The van der Waals surface area contributed by atoms with Crippen molar-refractivity contribution in [2.24, 2.45) is 4.36 Å². The molecule has 33 heavy (non-hydrogen) atoms. The first kappa shape index (κ1) is 24.3. The highest BCUT2D eigenvalue weighted by Crippen LogP contribution is 2.30. The van der Waals surface area contributed by atoms with E-state index in [0.29, 0.717) is 35.5 Å². The second-order valence-corrected chi connectivity index (χ2v) is 9.84. The lowest BCUT2D eigenvalue weighted by Gasteiger charge is -2.15. The highest BCUT2D eigenvalue weighted by Gasteiger charge is 2.32. The predicted octanol–water partition coefficient (Wildman–Crippen LogP) is 4.06. The second kappa shape index (κ2) is 9.25. The van der Waals surface area contributed by atoms with Crippen LogP contribution in [-0.2, 0) is 15.9 Å². The quantitative estimate of drug-likeness (QED) is 0.532. The van der Waals surface area contributed by atoms with E-state index in [1.807, 2.05) is 0 Å². The Bertz CT molecular complexity index is 1280. The molecule has 3 aromatic rings. The number of alkyl halides is 3. The minimum absolute atomic E-state index is 0.237. The summed E-state index contributed by atoms with van der Waals surface area (Å²) in [6, 6.07) is 3.96. The van der Waals surface area contributed by atoms with E-state index in [4.69, 9.17) is 0 Å². The smallest absolute Gasteiger partial charge is 0.342 e. The minimum Gasteiger partial charge on any atom is -0.342 e. The first-order chi connectivity index (χ1) is 15.4. The fraction of sp³-hybridized carbons (Fsp3) is 0.300. The molecule has 3 rings (SSSR count). The molecule has 0 aliphatic carbocycles. The van der Waals surface area contributed by atoms with E-state index in [2.05, 4.69) is 24.7 Å².